The van der Waals surface area contributed by atoms with E-state index in [0.717, 1.165) is 55.4 Å². The number of anilines is 1. The van der Waals surface area contributed by atoms with Gasteiger partial charge in [0.15, 0.2) is 0 Å². The number of carbonyl (C=O) groups is 3. The molecular formula is C21H24FN3O3S. The predicted octanol–water partition coefficient (Wildman–Crippen LogP) is 3.47. The highest BCUT2D eigenvalue weighted by molar-refractivity contribution is 8.18. The fourth-order valence-corrected chi connectivity index (χ4v) is 4.83. The summed E-state index contributed by atoms with van der Waals surface area (Å²) in [6, 6.07) is 4.89. The Bertz CT molecular complexity index is 861. The first-order chi connectivity index (χ1) is 14.0. The fraction of sp³-hybridized carbons (Fsp3) is 0.476. The van der Waals surface area contributed by atoms with Gasteiger partial charge in [-0.05, 0) is 67.6 Å². The number of piperidine rings is 1. The molecule has 3 aliphatic rings. The number of rotatable bonds is 4. The van der Waals surface area contributed by atoms with Crippen molar-refractivity contribution in [2.75, 3.05) is 37.6 Å². The summed E-state index contributed by atoms with van der Waals surface area (Å²) < 4.78 is 14.6. The van der Waals surface area contributed by atoms with E-state index < -0.39 is 11.1 Å². The molecule has 3 saturated heterocycles. The molecule has 0 aromatic heterocycles. The minimum atomic E-state index is -0.493. The summed E-state index contributed by atoms with van der Waals surface area (Å²) in [4.78, 5) is 42.1. The molecule has 3 fully saturated rings. The van der Waals surface area contributed by atoms with Crippen molar-refractivity contribution in [3.8, 4) is 0 Å². The molecule has 0 radical (unpaired) electrons. The molecule has 8 heteroatoms. The Labute approximate surface area is 173 Å². The van der Waals surface area contributed by atoms with Gasteiger partial charge in [0.2, 0.25) is 5.91 Å². The zero-order chi connectivity index (χ0) is 20.4. The SMILES string of the molecule is O=C(CN1C(=O)S/C(=C/c2ccc(N3CCCCC3)c(F)c2)C1=O)N1CCCC1. The third-order valence-corrected chi connectivity index (χ3v) is 6.50. The molecule has 29 heavy (non-hydrogen) atoms. The number of benzene rings is 1. The smallest absolute Gasteiger partial charge is 0.294 e. The summed E-state index contributed by atoms with van der Waals surface area (Å²) in [5.74, 6) is -1.03. The number of halogens is 1. The van der Waals surface area contributed by atoms with Crippen LogP contribution in [-0.4, -0.2) is 59.6 Å². The highest BCUT2D eigenvalue weighted by Crippen LogP contribution is 2.33. The average molecular weight is 418 g/mol. The van der Waals surface area contributed by atoms with Crippen LogP contribution < -0.4 is 4.90 Å². The van der Waals surface area contributed by atoms with E-state index in [-0.39, 0.29) is 23.2 Å². The first-order valence-electron chi connectivity index (χ1n) is 10.1. The van der Waals surface area contributed by atoms with Crippen molar-refractivity contribution >= 4 is 40.6 Å². The van der Waals surface area contributed by atoms with Crippen molar-refractivity contribution in [1.82, 2.24) is 9.80 Å². The maximum atomic E-state index is 14.6. The highest BCUT2D eigenvalue weighted by atomic mass is 32.2. The predicted molar refractivity (Wildman–Crippen MR) is 111 cm³/mol. The first kappa shape index (κ1) is 19.9. The third kappa shape index (κ3) is 4.32. The Morgan fingerprint density at radius 2 is 1.72 bits per heavy atom. The second kappa shape index (κ2) is 8.57. The molecule has 0 aliphatic carbocycles. The van der Waals surface area contributed by atoms with E-state index in [1.165, 1.54) is 18.6 Å². The molecular weight excluding hydrogens is 393 g/mol. The Kier molecular flexibility index (Phi) is 5.89. The maximum absolute atomic E-state index is 14.6. The molecule has 154 valence electrons. The minimum Gasteiger partial charge on any atom is -0.369 e. The van der Waals surface area contributed by atoms with Gasteiger partial charge in [0.25, 0.3) is 11.1 Å². The molecule has 0 saturated carbocycles. The third-order valence-electron chi connectivity index (χ3n) is 5.59. The van der Waals surface area contributed by atoms with Gasteiger partial charge in [-0.15, -0.1) is 0 Å². The molecule has 1 aromatic carbocycles. The molecule has 6 nitrogen and oxygen atoms in total. The molecule has 3 amide bonds. The van der Waals surface area contributed by atoms with E-state index in [1.54, 1.807) is 17.0 Å². The minimum absolute atomic E-state index is 0.206. The Morgan fingerprint density at radius 3 is 2.41 bits per heavy atom. The highest BCUT2D eigenvalue weighted by Gasteiger charge is 2.37. The second-order valence-electron chi connectivity index (χ2n) is 7.61. The van der Waals surface area contributed by atoms with E-state index in [2.05, 4.69) is 0 Å². The Morgan fingerprint density at radius 1 is 1.03 bits per heavy atom. The summed E-state index contributed by atoms with van der Waals surface area (Å²) in [7, 11) is 0. The van der Waals surface area contributed by atoms with Crippen LogP contribution in [0.3, 0.4) is 0 Å². The Balaban J connectivity index is 1.46. The molecule has 1 aromatic rings. The Hall–Kier alpha value is -2.35. The number of nitrogens with zero attached hydrogens (tertiary/aromatic N) is 3. The van der Waals surface area contributed by atoms with E-state index >= 15 is 0 Å². The van der Waals surface area contributed by atoms with Crippen LogP contribution in [0.5, 0.6) is 0 Å². The van der Waals surface area contributed by atoms with Crippen molar-refractivity contribution in [2.45, 2.75) is 32.1 Å². The standard InChI is InChI=1S/C21H24FN3O3S/c22-16-12-15(6-7-17(16)23-8-2-1-3-9-23)13-18-20(27)25(21(28)29-18)14-19(26)24-10-4-5-11-24/h6-7,12-13H,1-5,8-11,14H2/b18-13+. The molecule has 0 spiro atoms. The lowest BCUT2D eigenvalue weighted by atomic mass is 10.1. The van der Waals surface area contributed by atoms with E-state index in [1.807, 2.05) is 4.90 Å². The van der Waals surface area contributed by atoms with Crippen molar-refractivity contribution in [2.24, 2.45) is 0 Å². The van der Waals surface area contributed by atoms with Gasteiger partial charge >= 0.3 is 0 Å². The number of hydrogen-bond acceptors (Lipinski definition) is 5. The van der Waals surface area contributed by atoms with Crippen molar-refractivity contribution in [3.63, 3.8) is 0 Å². The van der Waals surface area contributed by atoms with Crippen LogP contribution in [0.2, 0.25) is 0 Å². The van der Waals surface area contributed by atoms with Crippen LogP contribution in [0.1, 0.15) is 37.7 Å². The molecule has 0 atom stereocenters. The normalized spacial score (nSPS) is 21.6. The fourth-order valence-electron chi connectivity index (χ4n) is 3.99. The maximum Gasteiger partial charge on any atom is 0.294 e. The lowest BCUT2D eigenvalue weighted by molar-refractivity contribution is -0.135. The zero-order valence-corrected chi connectivity index (χ0v) is 17.0. The van der Waals surface area contributed by atoms with E-state index in [9.17, 15) is 18.8 Å². The first-order valence-corrected chi connectivity index (χ1v) is 10.9. The van der Waals surface area contributed by atoms with Gasteiger partial charge in [0.05, 0.1) is 10.6 Å². The number of amides is 3. The van der Waals surface area contributed by atoms with Crippen molar-refractivity contribution in [3.05, 3.63) is 34.5 Å². The molecule has 0 N–H and O–H groups in total. The van der Waals surface area contributed by atoms with E-state index in [4.69, 9.17) is 0 Å². The molecule has 3 heterocycles. The molecule has 0 unspecified atom stereocenters. The lowest BCUT2D eigenvalue weighted by Gasteiger charge is -2.29. The topological polar surface area (TPSA) is 60.9 Å². The summed E-state index contributed by atoms with van der Waals surface area (Å²) >= 11 is 0.794. The van der Waals surface area contributed by atoms with Gasteiger partial charge in [-0.25, -0.2) is 4.39 Å². The second-order valence-corrected chi connectivity index (χ2v) is 8.61. The van der Waals surface area contributed by atoms with Crippen LogP contribution in [0.25, 0.3) is 6.08 Å². The van der Waals surface area contributed by atoms with Gasteiger partial charge in [-0.2, -0.15) is 0 Å². The van der Waals surface area contributed by atoms with Gasteiger partial charge in [-0.1, -0.05) is 6.07 Å². The molecule has 0 bridgehead atoms. The zero-order valence-electron chi connectivity index (χ0n) is 16.2. The molecule has 3 aliphatic heterocycles. The van der Waals surface area contributed by atoms with Gasteiger partial charge in [0.1, 0.15) is 12.4 Å². The van der Waals surface area contributed by atoms with Crippen LogP contribution >= 0.6 is 11.8 Å². The number of carbonyl (C=O) groups excluding carboxylic acids is 3. The van der Waals surface area contributed by atoms with Crippen LogP contribution in [0.15, 0.2) is 23.1 Å². The summed E-state index contributed by atoms with van der Waals surface area (Å²) in [6.45, 7) is 2.81. The van der Waals surface area contributed by atoms with Crippen molar-refractivity contribution in [1.29, 1.82) is 0 Å². The summed E-state index contributed by atoms with van der Waals surface area (Å²) in [5, 5.41) is -0.459. The van der Waals surface area contributed by atoms with Gasteiger partial charge in [0, 0.05) is 26.2 Å². The number of imide groups is 1. The van der Waals surface area contributed by atoms with Crippen LogP contribution in [0, 0.1) is 5.82 Å². The lowest BCUT2D eigenvalue weighted by Crippen LogP contribution is -2.40. The number of thioether (sulfide) groups is 1. The van der Waals surface area contributed by atoms with Crippen molar-refractivity contribution < 1.29 is 18.8 Å². The largest absolute Gasteiger partial charge is 0.369 e. The summed E-state index contributed by atoms with van der Waals surface area (Å²) in [5.41, 5.74) is 1.10. The van der Waals surface area contributed by atoms with Gasteiger partial charge < -0.3 is 9.80 Å². The van der Waals surface area contributed by atoms with E-state index in [0.29, 0.717) is 24.3 Å². The van der Waals surface area contributed by atoms with Crippen LogP contribution in [-0.2, 0) is 9.59 Å². The number of hydrogen-bond donors (Lipinski definition) is 0. The van der Waals surface area contributed by atoms with Gasteiger partial charge in [-0.3, -0.25) is 19.3 Å². The average Bonchev–Trinajstić information content (AvgIpc) is 3.34. The number of likely N-dealkylation sites (tertiary alicyclic amines) is 1. The summed E-state index contributed by atoms with van der Waals surface area (Å²) in [6.07, 6.45) is 6.72. The quantitative estimate of drug-likeness (QED) is 0.702. The molecule has 4 rings (SSSR count). The van der Waals surface area contributed by atoms with Crippen LogP contribution in [0.4, 0.5) is 14.9 Å². The monoisotopic (exact) mass is 417 g/mol.